The summed E-state index contributed by atoms with van der Waals surface area (Å²) < 4.78 is 40.1. The van der Waals surface area contributed by atoms with Gasteiger partial charge in [0.15, 0.2) is 0 Å². The minimum absolute atomic E-state index is 0.00537. The SMILES string of the molecule is Cn1cc2c(c1C(=O)Nc1ccc(F)c(C#N)c1)CCC(C1CCCCC1)NS2(=N)=O. The third kappa shape index (κ3) is 4.23. The van der Waals surface area contributed by atoms with E-state index in [4.69, 9.17) is 10.0 Å². The minimum Gasteiger partial charge on any atom is -0.345 e. The van der Waals surface area contributed by atoms with Gasteiger partial charge >= 0.3 is 0 Å². The molecule has 3 N–H and O–H groups in total. The van der Waals surface area contributed by atoms with Crippen molar-refractivity contribution in [3.05, 3.63) is 47.0 Å². The Kier molecular flexibility index (Phi) is 5.86. The average molecular weight is 444 g/mol. The van der Waals surface area contributed by atoms with Crippen molar-refractivity contribution in [2.24, 2.45) is 13.0 Å². The normalized spacial score (nSPS) is 24.1. The molecule has 1 aromatic carbocycles. The molecule has 0 bridgehead atoms. The lowest BCUT2D eigenvalue weighted by Gasteiger charge is -2.30. The van der Waals surface area contributed by atoms with Crippen LogP contribution in [0.25, 0.3) is 0 Å². The summed E-state index contributed by atoms with van der Waals surface area (Å²) in [7, 11) is -1.56. The lowest BCUT2D eigenvalue weighted by molar-refractivity contribution is 0.101. The van der Waals surface area contributed by atoms with E-state index in [9.17, 15) is 13.4 Å². The largest absolute Gasteiger partial charge is 0.345 e. The van der Waals surface area contributed by atoms with Crippen LogP contribution in [0.1, 0.15) is 60.1 Å². The second-order valence-electron chi connectivity index (χ2n) is 8.41. The number of nitrogens with one attached hydrogen (secondary N) is 3. The molecule has 2 aromatic rings. The molecule has 2 unspecified atom stereocenters. The maximum atomic E-state index is 13.6. The van der Waals surface area contributed by atoms with E-state index in [1.165, 1.54) is 18.6 Å². The lowest BCUT2D eigenvalue weighted by atomic mass is 9.82. The van der Waals surface area contributed by atoms with Crippen LogP contribution in [0, 0.1) is 27.8 Å². The third-order valence-corrected chi connectivity index (χ3v) is 7.96. The Balaban J connectivity index is 1.63. The van der Waals surface area contributed by atoms with Gasteiger partial charge in [-0.2, -0.15) is 5.26 Å². The summed E-state index contributed by atoms with van der Waals surface area (Å²) >= 11 is 0. The van der Waals surface area contributed by atoms with Gasteiger partial charge in [0.25, 0.3) is 5.91 Å². The molecule has 1 aliphatic heterocycles. The van der Waals surface area contributed by atoms with Gasteiger partial charge in [-0.1, -0.05) is 19.3 Å². The zero-order valence-electron chi connectivity index (χ0n) is 17.4. The molecule has 1 amide bonds. The van der Waals surface area contributed by atoms with Gasteiger partial charge in [0.05, 0.1) is 10.5 Å². The van der Waals surface area contributed by atoms with Gasteiger partial charge in [0.2, 0.25) is 0 Å². The molecule has 0 saturated heterocycles. The number of nitrogens with zero attached hydrogens (tertiary/aromatic N) is 2. The second kappa shape index (κ2) is 8.44. The number of hydrogen-bond acceptors (Lipinski definition) is 4. The van der Waals surface area contributed by atoms with Gasteiger partial charge in [-0.3, -0.25) is 4.79 Å². The first-order valence-electron chi connectivity index (χ1n) is 10.6. The highest BCUT2D eigenvalue weighted by atomic mass is 32.2. The number of hydrogen-bond donors (Lipinski definition) is 3. The number of carbonyl (C=O) groups is 1. The van der Waals surface area contributed by atoms with E-state index < -0.39 is 21.6 Å². The third-order valence-electron chi connectivity index (χ3n) is 6.36. The van der Waals surface area contributed by atoms with E-state index in [2.05, 4.69) is 10.0 Å². The first-order valence-corrected chi connectivity index (χ1v) is 12.1. The van der Waals surface area contributed by atoms with Crippen molar-refractivity contribution in [3.8, 4) is 6.07 Å². The van der Waals surface area contributed by atoms with Gasteiger partial charge in [0, 0.05) is 30.5 Å². The van der Waals surface area contributed by atoms with Gasteiger partial charge in [-0.15, -0.1) is 0 Å². The number of aryl methyl sites for hydroxylation is 1. The molecule has 9 heteroatoms. The standard InChI is InChI=1S/C22H26FN5O2S/c1-28-13-20-17(8-10-19(27-31(20,25)30)14-5-3-2-4-6-14)21(28)22(29)26-16-7-9-18(23)15(11-16)12-24/h7,9,11,13-14,19H,2-6,8,10H2,1H3,(H,26,29)(H2,25,27,30). The molecule has 7 nitrogen and oxygen atoms in total. The van der Waals surface area contributed by atoms with Crippen LogP contribution in [0.15, 0.2) is 29.3 Å². The van der Waals surface area contributed by atoms with Crippen molar-refractivity contribution in [1.82, 2.24) is 9.29 Å². The number of benzene rings is 1. The summed E-state index contributed by atoms with van der Waals surface area (Å²) in [6.45, 7) is 0. The van der Waals surface area contributed by atoms with Crippen molar-refractivity contribution >= 4 is 21.5 Å². The number of anilines is 1. The van der Waals surface area contributed by atoms with E-state index >= 15 is 0 Å². The molecular weight excluding hydrogens is 417 g/mol. The maximum absolute atomic E-state index is 13.6. The monoisotopic (exact) mass is 443 g/mol. The predicted molar refractivity (Wildman–Crippen MR) is 115 cm³/mol. The lowest BCUT2D eigenvalue weighted by Crippen LogP contribution is -2.39. The summed E-state index contributed by atoms with van der Waals surface area (Å²) in [4.78, 5) is 13.4. The van der Waals surface area contributed by atoms with E-state index in [-0.39, 0.29) is 11.6 Å². The van der Waals surface area contributed by atoms with E-state index in [0.717, 1.165) is 31.7 Å². The van der Waals surface area contributed by atoms with Crippen LogP contribution >= 0.6 is 0 Å². The van der Waals surface area contributed by atoms with Crippen LogP contribution in [0.2, 0.25) is 0 Å². The second-order valence-corrected chi connectivity index (χ2v) is 10.2. The predicted octanol–water partition coefficient (Wildman–Crippen LogP) is 4.09. The highest BCUT2D eigenvalue weighted by Crippen LogP contribution is 2.34. The highest BCUT2D eigenvalue weighted by molar-refractivity contribution is 7.90. The zero-order chi connectivity index (χ0) is 22.2. The van der Waals surface area contributed by atoms with Crippen molar-refractivity contribution < 1.29 is 13.4 Å². The molecule has 1 saturated carbocycles. The van der Waals surface area contributed by atoms with Gasteiger partial charge < -0.3 is 9.88 Å². The molecule has 1 aliphatic carbocycles. The highest BCUT2D eigenvalue weighted by Gasteiger charge is 2.34. The summed E-state index contributed by atoms with van der Waals surface area (Å²) in [5.41, 5.74) is 1.10. The summed E-state index contributed by atoms with van der Waals surface area (Å²) in [6.07, 6.45) is 8.55. The molecule has 2 heterocycles. The van der Waals surface area contributed by atoms with Crippen LogP contribution in [0.3, 0.4) is 0 Å². The Hall–Kier alpha value is -2.70. The van der Waals surface area contributed by atoms with Crippen molar-refractivity contribution in [2.45, 2.75) is 55.9 Å². The van der Waals surface area contributed by atoms with Crippen molar-refractivity contribution in [2.75, 3.05) is 5.32 Å². The fraction of sp³-hybridized carbons (Fsp3) is 0.455. The van der Waals surface area contributed by atoms with Gasteiger partial charge in [0.1, 0.15) is 27.5 Å². The van der Waals surface area contributed by atoms with Crippen LogP contribution in [0.4, 0.5) is 10.1 Å². The van der Waals surface area contributed by atoms with Gasteiger partial charge in [-0.25, -0.2) is 18.1 Å². The van der Waals surface area contributed by atoms with Crippen LogP contribution in [0.5, 0.6) is 0 Å². The number of amides is 1. The smallest absolute Gasteiger partial charge is 0.272 e. The topological polar surface area (TPSA) is 111 Å². The Labute approximate surface area is 181 Å². The zero-order valence-corrected chi connectivity index (χ0v) is 18.2. The van der Waals surface area contributed by atoms with Crippen molar-refractivity contribution in [1.29, 1.82) is 10.0 Å². The molecule has 1 aromatic heterocycles. The fourth-order valence-electron chi connectivity index (χ4n) is 4.82. The molecule has 2 atom stereocenters. The fourth-order valence-corrected chi connectivity index (χ4v) is 6.53. The number of aromatic nitrogens is 1. The first-order chi connectivity index (χ1) is 14.8. The molecule has 1 fully saturated rings. The summed E-state index contributed by atoms with van der Waals surface area (Å²) in [6, 6.07) is 5.56. The number of halogens is 1. The quantitative estimate of drug-likeness (QED) is 0.664. The van der Waals surface area contributed by atoms with E-state index in [1.54, 1.807) is 23.9 Å². The molecule has 4 rings (SSSR count). The van der Waals surface area contributed by atoms with E-state index in [1.807, 2.05) is 0 Å². The number of rotatable bonds is 3. The first kappa shape index (κ1) is 21.5. The van der Waals surface area contributed by atoms with Gasteiger partial charge in [-0.05, 0) is 49.8 Å². The number of nitriles is 1. The Morgan fingerprint density at radius 3 is 2.77 bits per heavy atom. The Bertz CT molecular complexity index is 1160. The number of fused-ring (bicyclic) bond motifs is 1. The Morgan fingerprint density at radius 2 is 2.06 bits per heavy atom. The Morgan fingerprint density at radius 1 is 1.32 bits per heavy atom. The summed E-state index contributed by atoms with van der Waals surface area (Å²) in [5.74, 6) is -0.689. The molecule has 2 aliphatic rings. The number of carbonyl (C=O) groups excluding carboxylic acids is 1. The van der Waals surface area contributed by atoms with Crippen molar-refractivity contribution in [3.63, 3.8) is 0 Å². The van der Waals surface area contributed by atoms with Crippen LogP contribution in [-0.2, 0) is 23.4 Å². The van der Waals surface area contributed by atoms with Crippen LogP contribution in [-0.4, -0.2) is 20.7 Å². The average Bonchev–Trinajstić information content (AvgIpc) is 3.04. The minimum atomic E-state index is -3.24. The molecule has 31 heavy (non-hydrogen) atoms. The summed E-state index contributed by atoms with van der Waals surface area (Å²) in [5, 5.41) is 11.7. The van der Waals surface area contributed by atoms with E-state index in [0.29, 0.717) is 40.6 Å². The molecular formula is C22H26FN5O2S. The molecule has 0 spiro atoms. The molecule has 164 valence electrons. The molecule has 0 radical (unpaired) electrons. The van der Waals surface area contributed by atoms with Crippen LogP contribution < -0.4 is 10.0 Å². The maximum Gasteiger partial charge on any atom is 0.272 e.